The summed E-state index contributed by atoms with van der Waals surface area (Å²) in [4.78, 5) is 13.9. The minimum Gasteiger partial charge on any atom is -0.372 e. The second kappa shape index (κ2) is 6.03. The van der Waals surface area contributed by atoms with Crippen LogP contribution in [0.2, 0.25) is 0 Å². The van der Waals surface area contributed by atoms with Crippen molar-refractivity contribution >= 4 is 18.3 Å². The molecule has 2 saturated heterocycles. The molecule has 1 unspecified atom stereocenters. The van der Waals surface area contributed by atoms with Gasteiger partial charge in [-0.25, -0.2) is 0 Å². The van der Waals surface area contributed by atoms with Crippen LogP contribution in [0.15, 0.2) is 0 Å². The Morgan fingerprint density at radius 2 is 2.00 bits per heavy atom. The Bertz CT molecular complexity index is 257. The van der Waals surface area contributed by atoms with E-state index in [0.29, 0.717) is 5.41 Å². The van der Waals surface area contributed by atoms with Gasteiger partial charge in [0.1, 0.15) is 6.10 Å². The summed E-state index contributed by atoms with van der Waals surface area (Å²) in [5.41, 5.74) is 0.479. The number of halogens is 1. The van der Waals surface area contributed by atoms with Crippen LogP contribution in [0.1, 0.15) is 26.2 Å². The molecular formula is C12H23ClN2O2. The molecule has 0 aromatic rings. The average Bonchev–Trinajstić information content (AvgIpc) is 2.77. The van der Waals surface area contributed by atoms with E-state index in [1.165, 1.54) is 6.42 Å². The van der Waals surface area contributed by atoms with E-state index in [9.17, 15) is 4.79 Å². The average molecular weight is 263 g/mol. The maximum atomic E-state index is 11.9. The quantitative estimate of drug-likeness (QED) is 0.809. The molecule has 100 valence electrons. The highest BCUT2D eigenvalue weighted by Crippen LogP contribution is 2.36. The van der Waals surface area contributed by atoms with Gasteiger partial charge in [0.05, 0.1) is 0 Å². The lowest BCUT2D eigenvalue weighted by Crippen LogP contribution is -2.47. The molecule has 0 aromatic heterocycles. The van der Waals surface area contributed by atoms with E-state index in [2.05, 4.69) is 5.32 Å². The first-order valence-corrected chi connectivity index (χ1v) is 6.19. The van der Waals surface area contributed by atoms with Gasteiger partial charge in [-0.15, -0.1) is 12.4 Å². The van der Waals surface area contributed by atoms with Crippen LogP contribution in [0, 0.1) is 5.41 Å². The number of piperidine rings is 1. The number of hydrogen-bond acceptors (Lipinski definition) is 3. The lowest BCUT2D eigenvalue weighted by Gasteiger charge is -2.39. The molecule has 5 heteroatoms. The van der Waals surface area contributed by atoms with Gasteiger partial charge in [0.15, 0.2) is 0 Å². The topological polar surface area (TPSA) is 41.6 Å². The SMILES string of the molecule is COC(C)C(=O)N1CCC2(CCNC2)CC1.Cl. The molecule has 4 nitrogen and oxygen atoms in total. The summed E-state index contributed by atoms with van der Waals surface area (Å²) in [6, 6.07) is 0. The molecule has 0 bridgehead atoms. The largest absolute Gasteiger partial charge is 0.372 e. The van der Waals surface area contributed by atoms with E-state index >= 15 is 0 Å². The van der Waals surface area contributed by atoms with Gasteiger partial charge < -0.3 is 15.0 Å². The summed E-state index contributed by atoms with van der Waals surface area (Å²) >= 11 is 0. The number of amides is 1. The van der Waals surface area contributed by atoms with Crippen molar-refractivity contribution in [2.75, 3.05) is 33.3 Å². The number of hydrogen-bond donors (Lipinski definition) is 1. The Labute approximate surface area is 109 Å². The normalized spacial score (nSPS) is 24.5. The van der Waals surface area contributed by atoms with E-state index in [0.717, 1.165) is 39.0 Å². The molecule has 2 heterocycles. The molecular weight excluding hydrogens is 240 g/mol. The zero-order valence-corrected chi connectivity index (χ0v) is 11.5. The first-order chi connectivity index (χ1) is 7.67. The second-order valence-corrected chi connectivity index (χ2v) is 5.13. The zero-order chi connectivity index (χ0) is 11.6. The molecule has 1 amide bonds. The first kappa shape index (κ1) is 14.7. The number of methoxy groups -OCH3 is 1. The van der Waals surface area contributed by atoms with Gasteiger partial charge >= 0.3 is 0 Å². The highest BCUT2D eigenvalue weighted by molar-refractivity contribution is 5.85. The van der Waals surface area contributed by atoms with Gasteiger partial charge in [0.25, 0.3) is 5.91 Å². The number of rotatable bonds is 2. The smallest absolute Gasteiger partial charge is 0.251 e. The molecule has 0 radical (unpaired) electrons. The van der Waals surface area contributed by atoms with Crippen molar-refractivity contribution in [3.63, 3.8) is 0 Å². The van der Waals surface area contributed by atoms with E-state index in [1.54, 1.807) is 7.11 Å². The maximum absolute atomic E-state index is 11.9. The van der Waals surface area contributed by atoms with Gasteiger partial charge in [0, 0.05) is 26.7 Å². The number of likely N-dealkylation sites (tertiary alicyclic amines) is 1. The molecule has 17 heavy (non-hydrogen) atoms. The Balaban J connectivity index is 0.00000144. The van der Waals surface area contributed by atoms with Crippen molar-refractivity contribution in [3.8, 4) is 0 Å². The van der Waals surface area contributed by atoms with E-state index in [1.807, 2.05) is 11.8 Å². The summed E-state index contributed by atoms with van der Waals surface area (Å²) in [6.45, 7) is 5.89. The van der Waals surface area contributed by atoms with Gasteiger partial charge in [-0.05, 0) is 38.1 Å². The lowest BCUT2D eigenvalue weighted by atomic mass is 9.78. The van der Waals surface area contributed by atoms with E-state index in [4.69, 9.17) is 4.74 Å². The van der Waals surface area contributed by atoms with Gasteiger partial charge in [0.2, 0.25) is 0 Å². The number of ether oxygens (including phenoxy) is 1. The molecule has 0 aromatic carbocycles. The fourth-order valence-electron chi connectivity index (χ4n) is 2.78. The molecule has 2 fully saturated rings. The molecule has 0 aliphatic carbocycles. The first-order valence-electron chi connectivity index (χ1n) is 6.19. The Morgan fingerprint density at radius 3 is 2.47 bits per heavy atom. The van der Waals surface area contributed by atoms with Crippen LogP contribution in [0.25, 0.3) is 0 Å². The van der Waals surface area contributed by atoms with E-state index in [-0.39, 0.29) is 24.4 Å². The molecule has 2 aliphatic rings. The lowest BCUT2D eigenvalue weighted by molar-refractivity contribution is -0.143. The van der Waals surface area contributed by atoms with Crippen LogP contribution < -0.4 is 5.32 Å². The fraction of sp³-hybridized carbons (Fsp3) is 0.917. The van der Waals surface area contributed by atoms with Gasteiger partial charge in [-0.1, -0.05) is 0 Å². The van der Waals surface area contributed by atoms with Crippen molar-refractivity contribution in [1.82, 2.24) is 10.2 Å². The van der Waals surface area contributed by atoms with Crippen LogP contribution in [-0.2, 0) is 9.53 Å². The number of carbonyl (C=O) groups is 1. The second-order valence-electron chi connectivity index (χ2n) is 5.13. The standard InChI is InChI=1S/C12H22N2O2.ClH/c1-10(16-2)11(15)14-7-4-12(5-8-14)3-6-13-9-12;/h10,13H,3-9H2,1-2H3;1H. The van der Waals surface area contributed by atoms with E-state index < -0.39 is 0 Å². The summed E-state index contributed by atoms with van der Waals surface area (Å²) in [5.74, 6) is 0.142. The Hall–Kier alpha value is -0.320. The van der Waals surface area contributed by atoms with Crippen LogP contribution in [-0.4, -0.2) is 50.2 Å². The maximum Gasteiger partial charge on any atom is 0.251 e. The Morgan fingerprint density at radius 1 is 1.35 bits per heavy atom. The number of nitrogens with one attached hydrogen (secondary N) is 1. The minimum absolute atomic E-state index is 0. The molecule has 1 spiro atoms. The van der Waals surface area contributed by atoms with Crippen LogP contribution in [0.3, 0.4) is 0 Å². The summed E-state index contributed by atoms with van der Waals surface area (Å²) < 4.78 is 5.08. The predicted octanol–water partition coefficient (Wildman–Crippen LogP) is 1.05. The van der Waals surface area contributed by atoms with Crippen LogP contribution >= 0.6 is 12.4 Å². The monoisotopic (exact) mass is 262 g/mol. The molecule has 1 atom stereocenters. The fourth-order valence-corrected chi connectivity index (χ4v) is 2.78. The predicted molar refractivity (Wildman–Crippen MR) is 69.5 cm³/mol. The molecule has 2 aliphatic heterocycles. The van der Waals surface area contributed by atoms with Gasteiger partial charge in [-0.3, -0.25) is 4.79 Å². The van der Waals surface area contributed by atoms with Crippen LogP contribution in [0.5, 0.6) is 0 Å². The minimum atomic E-state index is -0.296. The zero-order valence-electron chi connectivity index (χ0n) is 10.7. The molecule has 0 saturated carbocycles. The van der Waals surface area contributed by atoms with Crippen molar-refractivity contribution in [2.45, 2.75) is 32.3 Å². The number of carbonyl (C=O) groups excluding carboxylic acids is 1. The summed E-state index contributed by atoms with van der Waals surface area (Å²) in [6.07, 6.45) is 3.26. The van der Waals surface area contributed by atoms with Crippen molar-refractivity contribution in [3.05, 3.63) is 0 Å². The third-order valence-electron chi connectivity index (χ3n) is 4.17. The molecule has 1 N–H and O–H groups in total. The summed E-state index contributed by atoms with van der Waals surface area (Å²) in [7, 11) is 1.59. The Kier molecular flexibility index (Phi) is 5.22. The third-order valence-corrected chi connectivity index (χ3v) is 4.17. The highest BCUT2D eigenvalue weighted by Gasteiger charge is 2.38. The van der Waals surface area contributed by atoms with Crippen molar-refractivity contribution in [2.24, 2.45) is 5.41 Å². The number of nitrogens with zero attached hydrogens (tertiary/aromatic N) is 1. The third kappa shape index (κ3) is 3.12. The highest BCUT2D eigenvalue weighted by atomic mass is 35.5. The van der Waals surface area contributed by atoms with Crippen LogP contribution in [0.4, 0.5) is 0 Å². The summed E-state index contributed by atoms with van der Waals surface area (Å²) in [5, 5.41) is 3.43. The molecule has 2 rings (SSSR count). The van der Waals surface area contributed by atoms with Crippen molar-refractivity contribution < 1.29 is 9.53 Å². The van der Waals surface area contributed by atoms with Gasteiger partial charge in [-0.2, -0.15) is 0 Å². The van der Waals surface area contributed by atoms with Crippen molar-refractivity contribution in [1.29, 1.82) is 0 Å².